The molecule has 0 bridgehead atoms. The molecule has 1 fully saturated rings. The Labute approximate surface area is 263 Å². The lowest BCUT2D eigenvalue weighted by Gasteiger charge is -2.46. The van der Waals surface area contributed by atoms with Crippen LogP contribution in [-0.4, -0.2) is 127 Å². The molecule has 0 aromatic heterocycles. The van der Waals surface area contributed by atoms with Gasteiger partial charge in [0.15, 0.2) is 12.1 Å². The molecule has 0 unspecified atom stereocenters. The average Bonchev–Trinajstić information content (AvgIpc) is 2.94. The minimum absolute atomic E-state index is 0.0225. The minimum atomic E-state index is -1.25. The van der Waals surface area contributed by atoms with Gasteiger partial charge in [0.1, 0.15) is 18.5 Å². The number of nitrogens with zero attached hydrogens (tertiary/aromatic N) is 2. The number of aldehydes is 1. The average molecular weight is 625 g/mol. The fourth-order valence-electron chi connectivity index (χ4n) is 6.35. The van der Waals surface area contributed by atoms with Gasteiger partial charge in [-0.05, 0) is 66.9 Å². The van der Waals surface area contributed by atoms with Crippen molar-refractivity contribution in [2.45, 2.75) is 109 Å². The van der Waals surface area contributed by atoms with Gasteiger partial charge in [0, 0.05) is 30.7 Å². The molecule has 0 spiro atoms. The number of esters is 1. The molecule has 0 aromatic rings. The molecule has 1 saturated heterocycles. The Hall–Kier alpha value is -1.99. The fourth-order valence-corrected chi connectivity index (χ4v) is 6.35. The molecule has 11 heteroatoms. The summed E-state index contributed by atoms with van der Waals surface area (Å²) >= 11 is 0. The Morgan fingerprint density at radius 1 is 1.05 bits per heavy atom. The molecule has 2 aliphatic heterocycles. The lowest BCUT2D eigenvalue weighted by atomic mass is 9.79. The Balaban J connectivity index is 2.53. The summed E-state index contributed by atoms with van der Waals surface area (Å²) in [5.41, 5.74) is 0.855. The van der Waals surface area contributed by atoms with Gasteiger partial charge in [0.25, 0.3) is 0 Å². The van der Waals surface area contributed by atoms with E-state index in [2.05, 4.69) is 0 Å². The Kier molecular flexibility index (Phi) is 15.3. The molecular formula is C33H56N2O9. The van der Waals surface area contributed by atoms with Crippen LogP contribution in [0.25, 0.3) is 0 Å². The molecule has 0 radical (unpaired) electrons. The van der Waals surface area contributed by atoms with Gasteiger partial charge in [-0.3, -0.25) is 9.59 Å². The Morgan fingerprint density at radius 2 is 1.70 bits per heavy atom. The van der Waals surface area contributed by atoms with E-state index >= 15 is 0 Å². The van der Waals surface area contributed by atoms with Gasteiger partial charge in [-0.15, -0.1) is 0 Å². The van der Waals surface area contributed by atoms with E-state index in [-0.39, 0.29) is 31.0 Å². The maximum Gasteiger partial charge on any atom is 0.308 e. The maximum atomic E-state index is 13.2. The van der Waals surface area contributed by atoms with Crippen molar-refractivity contribution in [1.82, 2.24) is 9.80 Å². The first-order chi connectivity index (χ1) is 20.6. The number of carbonyl (C=O) groups is 3. The van der Waals surface area contributed by atoms with E-state index in [1.165, 1.54) is 6.08 Å². The number of rotatable bonds is 8. The number of likely N-dealkylation sites (N-methyl/N-ethyl adjacent to an activating group) is 1. The normalized spacial score (nSPS) is 40.4. The van der Waals surface area contributed by atoms with Crippen molar-refractivity contribution in [2.75, 3.05) is 34.7 Å². The number of cyclic esters (lactones) is 1. The highest BCUT2D eigenvalue weighted by Gasteiger charge is 2.47. The maximum absolute atomic E-state index is 13.2. The lowest BCUT2D eigenvalue weighted by molar-refractivity contribution is -0.304. The van der Waals surface area contributed by atoms with E-state index in [0.717, 1.165) is 11.9 Å². The van der Waals surface area contributed by atoms with Crippen LogP contribution in [0.3, 0.4) is 0 Å². The fraction of sp³-hybridized carbons (Fsp3) is 0.788. The van der Waals surface area contributed by atoms with Crippen LogP contribution in [0.5, 0.6) is 0 Å². The summed E-state index contributed by atoms with van der Waals surface area (Å²) in [5, 5.41) is 33.2. The van der Waals surface area contributed by atoms with Gasteiger partial charge in [0.05, 0.1) is 36.9 Å². The molecule has 3 N–H and O–H groups in total. The molecule has 0 amide bonds. The van der Waals surface area contributed by atoms with Gasteiger partial charge < -0.3 is 44.1 Å². The summed E-state index contributed by atoms with van der Waals surface area (Å²) in [6.07, 6.45) is -0.0627. The third-order valence-electron chi connectivity index (χ3n) is 8.93. The number of ketones is 1. The highest BCUT2D eigenvalue weighted by atomic mass is 16.7. The number of aliphatic hydroxyl groups excluding tert-OH is 3. The molecule has 2 rings (SSSR count). The summed E-state index contributed by atoms with van der Waals surface area (Å²) in [6, 6.07) is -0.697. The van der Waals surface area contributed by atoms with E-state index in [1.54, 1.807) is 45.8 Å². The number of carbonyl (C=O) groups excluding carboxylic acids is 3. The van der Waals surface area contributed by atoms with E-state index in [1.807, 2.05) is 38.9 Å². The molecule has 12 atom stereocenters. The van der Waals surface area contributed by atoms with Crippen LogP contribution < -0.4 is 0 Å². The second-order valence-corrected chi connectivity index (χ2v) is 13.2. The zero-order chi connectivity index (χ0) is 33.3. The second-order valence-electron chi connectivity index (χ2n) is 13.2. The molecule has 252 valence electrons. The summed E-state index contributed by atoms with van der Waals surface area (Å²) < 4.78 is 18.2. The number of hydrogen-bond acceptors (Lipinski definition) is 11. The topological polar surface area (TPSA) is 146 Å². The van der Waals surface area contributed by atoms with Crippen molar-refractivity contribution < 1.29 is 43.9 Å². The van der Waals surface area contributed by atoms with Crippen LogP contribution in [0.15, 0.2) is 23.8 Å². The molecule has 2 heterocycles. The number of hydrogen-bond donors (Lipinski definition) is 3. The minimum Gasteiger partial charge on any atom is -0.462 e. The summed E-state index contributed by atoms with van der Waals surface area (Å²) in [6.45, 7) is 9.63. The number of allylic oxidation sites excluding steroid dienone is 3. The zero-order valence-corrected chi connectivity index (χ0v) is 28.0. The molecule has 0 saturated carbocycles. The van der Waals surface area contributed by atoms with E-state index < -0.39 is 72.7 Å². The molecule has 44 heavy (non-hydrogen) atoms. The quantitative estimate of drug-likeness (QED) is 0.269. The van der Waals surface area contributed by atoms with E-state index in [9.17, 15) is 29.7 Å². The monoisotopic (exact) mass is 624 g/mol. The third-order valence-corrected chi connectivity index (χ3v) is 8.93. The van der Waals surface area contributed by atoms with Crippen molar-refractivity contribution in [3.8, 4) is 0 Å². The van der Waals surface area contributed by atoms with Crippen molar-refractivity contribution in [3.05, 3.63) is 23.8 Å². The predicted molar refractivity (Wildman–Crippen MR) is 167 cm³/mol. The molecule has 0 aromatic carbocycles. The van der Waals surface area contributed by atoms with Crippen molar-refractivity contribution in [2.24, 2.45) is 23.7 Å². The lowest BCUT2D eigenvalue weighted by Crippen LogP contribution is -2.63. The number of aliphatic hydroxyl groups is 3. The van der Waals surface area contributed by atoms with E-state index in [0.29, 0.717) is 13.0 Å². The van der Waals surface area contributed by atoms with Gasteiger partial charge in [-0.2, -0.15) is 0 Å². The SMILES string of the molecule is CC[C@H]1OC(=O)C[C@@H](O)[C@H](C)[C@@H](O[C@@H]2O[C@H](C)[C@@H](O)[C@H](N(C)C)[C@H]2O)[C@@H](CC=O)C[C@@H](C)C(=O)/C=C/C(C)=C/[C@@H]1CN(C)C. The largest absolute Gasteiger partial charge is 0.462 e. The first kappa shape index (κ1) is 38.2. The van der Waals surface area contributed by atoms with Gasteiger partial charge in [0.2, 0.25) is 0 Å². The van der Waals surface area contributed by atoms with Gasteiger partial charge >= 0.3 is 5.97 Å². The predicted octanol–water partition coefficient (Wildman–Crippen LogP) is 1.97. The summed E-state index contributed by atoms with van der Waals surface area (Å²) in [7, 11) is 7.34. The van der Waals surface area contributed by atoms with Crippen LogP contribution in [0.4, 0.5) is 0 Å². The van der Waals surface area contributed by atoms with Crippen molar-refractivity contribution in [1.29, 1.82) is 0 Å². The number of ether oxygens (including phenoxy) is 3. The van der Waals surface area contributed by atoms with Crippen LogP contribution in [0.2, 0.25) is 0 Å². The van der Waals surface area contributed by atoms with Crippen LogP contribution in [0, 0.1) is 23.7 Å². The molecule has 11 nitrogen and oxygen atoms in total. The molecule has 0 aliphatic carbocycles. The molecule has 2 aliphatic rings. The highest BCUT2D eigenvalue weighted by molar-refractivity contribution is 5.91. The van der Waals surface area contributed by atoms with Crippen LogP contribution in [-0.2, 0) is 28.6 Å². The van der Waals surface area contributed by atoms with Gasteiger partial charge in [-0.25, -0.2) is 0 Å². The van der Waals surface area contributed by atoms with E-state index in [4.69, 9.17) is 14.2 Å². The van der Waals surface area contributed by atoms with Crippen molar-refractivity contribution >= 4 is 18.0 Å². The Morgan fingerprint density at radius 3 is 2.27 bits per heavy atom. The first-order valence-electron chi connectivity index (χ1n) is 15.8. The van der Waals surface area contributed by atoms with Crippen LogP contribution >= 0.6 is 0 Å². The highest BCUT2D eigenvalue weighted by Crippen LogP contribution is 2.34. The first-order valence-corrected chi connectivity index (χ1v) is 15.8. The van der Waals surface area contributed by atoms with Crippen molar-refractivity contribution in [3.63, 3.8) is 0 Å². The second kappa shape index (κ2) is 17.6. The summed E-state index contributed by atoms with van der Waals surface area (Å²) in [4.78, 5) is 42.0. The molecular weight excluding hydrogens is 568 g/mol. The third kappa shape index (κ3) is 10.5. The standard InChI is InChI=1S/C33H56N2O9/c1-10-27-24(18-34(6)7)15-19(2)11-12-25(37)20(3)16-23(13-14-36)32(21(4)26(38)17-28(39)43-27)44-33-31(41)29(35(8)9)30(40)22(5)42-33/h11-12,14-15,20-24,26-27,29-33,38,40-41H,10,13,16-18H2,1-9H3/b12-11+,19-15+/t20-,21+,22-,23+,24-,26-,27-,29+,30-,31-,32-,33+/m1/s1. The van der Waals surface area contributed by atoms with Gasteiger partial charge in [-0.1, -0.05) is 38.5 Å². The Bertz CT molecular complexity index is 1000. The summed E-state index contributed by atoms with van der Waals surface area (Å²) in [5.74, 6) is -2.55. The smallest absolute Gasteiger partial charge is 0.308 e. The zero-order valence-electron chi connectivity index (χ0n) is 28.0. The van der Waals surface area contributed by atoms with Crippen LogP contribution in [0.1, 0.15) is 60.3 Å².